The summed E-state index contributed by atoms with van der Waals surface area (Å²) in [4.78, 5) is 8.73. The maximum atomic E-state index is 14.2. The maximum absolute atomic E-state index is 14.2. The first kappa shape index (κ1) is 16.1. The first-order valence-corrected chi connectivity index (χ1v) is 8.81. The number of hydrogen-bond donors (Lipinski definition) is 1. The van der Waals surface area contributed by atoms with Crippen molar-refractivity contribution in [1.82, 2.24) is 29.4 Å². The molecule has 1 unspecified atom stereocenters. The molecule has 5 rings (SSSR count). The van der Waals surface area contributed by atoms with Crippen molar-refractivity contribution in [2.45, 2.75) is 31.8 Å². The van der Waals surface area contributed by atoms with E-state index in [0.29, 0.717) is 28.7 Å². The second-order valence-electron chi connectivity index (χ2n) is 6.82. The minimum Gasteiger partial charge on any atom is -0.380 e. The Labute approximate surface area is 154 Å². The molecule has 0 spiro atoms. The minimum atomic E-state index is -1.04. The molecule has 1 aliphatic rings. The fourth-order valence-electron chi connectivity index (χ4n) is 3.45. The first-order valence-electron chi connectivity index (χ1n) is 8.81. The van der Waals surface area contributed by atoms with Crippen molar-refractivity contribution in [3.8, 4) is 5.69 Å². The lowest BCUT2D eigenvalue weighted by Gasteiger charge is -2.16. The second-order valence-corrected chi connectivity index (χ2v) is 6.82. The highest BCUT2D eigenvalue weighted by atomic mass is 19.1. The molecule has 1 N–H and O–H groups in total. The molecule has 8 heteroatoms. The van der Waals surface area contributed by atoms with Gasteiger partial charge in [-0.25, -0.2) is 14.1 Å². The number of aliphatic hydroxyl groups is 1. The number of aliphatic hydroxyl groups excluding tert-OH is 1. The molecule has 3 heterocycles. The van der Waals surface area contributed by atoms with Crippen LogP contribution in [0.1, 0.15) is 47.6 Å². The van der Waals surface area contributed by atoms with Gasteiger partial charge in [0.15, 0.2) is 0 Å². The molecule has 27 heavy (non-hydrogen) atoms. The fourth-order valence-corrected chi connectivity index (χ4v) is 3.45. The standard InChI is InChI=1S/C19H17FN6O/c1-11-16(23-24-26(11)15-5-3-2-4-14(15)20)19(27)18-17(12-6-7-12)22-9-13-8-21-10-25(13)18/h2-5,8-10,12,19,27H,6-7H2,1H3. The van der Waals surface area contributed by atoms with Crippen LogP contribution in [0.15, 0.2) is 43.0 Å². The third-order valence-corrected chi connectivity index (χ3v) is 5.02. The van der Waals surface area contributed by atoms with E-state index in [-0.39, 0.29) is 0 Å². The number of para-hydroxylation sites is 1. The lowest BCUT2D eigenvalue weighted by molar-refractivity contribution is 0.206. The zero-order valence-electron chi connectivity index (χ0n) is 14.6. The average molecular weight is 364 g/mol. The molecule has 3 aromatic heterocycles. The summed E-state index contributed by atoms with van der Waals surface area (Å²) in [6.45, 7) is 1.77. The quantitative estimate of drug-likeness (QED) is 0.602. The van der Waals surface area contributed by atoms with E-state index in [1.807, 2.05) is 4.40 Å². The maximum Gasteiger partial charge on any atom is 0.148 e. The number of benzene rings is 1. The Hall–Kier alpha value is -3.13. The van der Waals surface area contributed by atoms with Crippen LogP contribution in [0.5, 0.6) is 0 Å². The minimum absolute atomic E-state index is 0.294. The van der Waals surface area contributed by atoms with Crippen molar-refractivity contribution in [3.63, 3.8) is 0 Å². The highest BCUT2D eigenvalue weighted by Gasteiger charge is 2.33. The third-order valence-electron chi connectivity index (χ3n) is 5.02. The van der Waals surface area contributed by atoms with Gasteiger partial charge in [-0.2, -0.15) is 0 Å². The Kier molecular flexibility index (Phi) is 3.54. The van der Waals surface area contributed by atoms with Gasteiger partial charge in [-0.15, -0.1) is 5.10 Å². The van der Waals surface area contributed by atoms with E-state index in [1.54, 1.807) is 43.8 Å². The van der Waals surface area contributed by atoms with E-state index < -0.39 is 11.9 Å². The van der Waals surface area contributed by atoms with Gasteiger partial charge in [0.1, 0.15) is 23.3 Å². The van der Waals surface area contributed by atoms with Crippen molar-refractivity contribution in [1.29, 1.82) is 0 Å². The van der Waals surface area contributed by atoms with Crippen LogP contribution in [0, 0.1) is 12.7 Å². The molecule has 7 nitrogen and oxygen atoms in total. The zero-order valence-corrected chi connectivity index (χ0v) is 14.6. The van der Waals surface area contributed by atoms with Crippen LogP contribution in [-0.2, 0) is 0 Å². The Morgan fingerprint density at radius 1 is 1.22 bits per heavy atom. The van der Waals surface area contributed by atoms with Crippen molar-refractivity contribution in [2.75, 3.05) is 0 Å². The van der Waals surface area contributed by atoms with Gasteiger partial charge in [0.25, 0.3) is 0 Å². The Balaban J connectivity index is 1.65. The van der Waals surface area contributed by atoms with E-state index in [1.165, 1.54) is 10.7 Å². The zero-order chi connectivity index (χ0) is 18.5. The molecule has 0 amide bonds. The second kappa shape index (κ2) is 5.95. The summed E-state index contributed by atoms with van der Waals surface area (Å²) in [6, 6.07) is 6.35. The monoisotopic (exact) mass is 364 g/mol. The van der Waals surface area contributed by atoms with E-state index in [0.717, 1.165) is 24.1 Å². The molecule has 0 bridgehead atoms. The van der Waals surface area contributed by atoms with E-state index in [4.69, 9.17) is 0 Å². The fraction of sp³-hybridized carbons (Fsp3) is 0.263. The number of rotatable bonds is 4. The summed E-state index contributed by atoms with van der Waals surface area (Å²) in [7, 11) is 0. The van der Waals surface area contributed by atoms with Gasteiger partial charge < -0.3 is 5.11 Å². The van der Waals surface area contributed by atoms with Crippen LogP contribution < -0.4 is 0 Å². The lowest BCUT2D eigenvalue weighted by atomic mass is 10.1. The highest BCUT2D eigenvalue weighted by Crippen LogP contribution is 2.43. The summed E-state index contributed by atoms with van der Waals surface area (Å²) in [5.41, 5.74) is 3.55. The Morgan fingerprint density at radius 3 is 2.81 bits per heavy atom. The Bertz CT molecular complexity index is 1150. The molecule has 0 aliphatic heterocycles. The summed E-state index contributed by atoms with van der Waals surface area (Å²) >= 11 is 0. The predicted molar refractivity (Wildman–Crippen MR) is 95.1 cm³/mol. The summed E-state index contributed by atoms with van der Waals surface area (Å²) in [5, 5.41) is 19.4. The smallest absolute Gasteiger partial charge is 0.148 e. The van der Waals surface area contributed by atoms with Crippen LogP contribution in [0.25, 0.3) is 11.2 Å². The molecule has 1 fully saturated rings. The van der Waals surface area contributed by atoms with Crippen LogP contribution in [-0.4, -0.2) is 34.5 Å². The number of imidazole rings is 1. The number of fused-ring (bicyclic) bond motifs is 1. The highest BCUT2D eigenvalue weighted by molar-refractivity contribution is 5.47. The van der Waals surface area contributed by atoms with Crippen LogP contribution >= 0.6 is 0 Å². The van der Waals surface area contributed by atoms with Gasteiger partial charge in [0, 0.05) is 5.92 Å². The lowest BCUT2D eigenvalue weighted by Crippen LogP contribution is -2.13. The van der Waals surface area contributed by atoms with Crippen molar-refractivity contribution < 1.29 is 9.50 Å². The van der Waals surface area contributed by atoms with Gasteiger partial charge in [0.2, 0.25) is 0 Å². The first-order chi connectivity index (χ1) is 13.1. The van der Waals surface area contributed by atoms with Gasteiger partial charge in [-0.3, -0.25) is 9.38 Å². The topological polar surface area (TPSA) is 81.1 Å². The van der Waals surface area contributed by atoms with E-state index in [9.17, 15) is 9.50 Å². The summed E-state index contributed by atoms with van der Waals surface area (Å²) < 4.78 is 17.4. The molecular weight excluding hydrogens is 347 g/mol. The predicted octanol–water partition coefficient (Wildman–Crippen LogP) is 2.72. The van der Waals surface area contributed by atoms with Crippen LogP contribution in [0.3, 0.4) is 0 Å². The molecule has 0 radical (unpaired) electrons. The Morgan fingerprint density at radius 2 is 2.04 bits per heavy atom. The van der Waals surface area contributed by atoms with Gasteiger partial charge in [-0.05, 0) is 31.9 Å². The summed E-state index contributed by atoms with van der Waals surface area (Å²) in [5.74, 6) is -0.0630. The normalized spacial score (nSPS) is 15.4. The molecule has 136 valence electrons. The van der Waals surface area contributed by atoms with Crippen LogP contribution in [0.2, 0.25) is 0 Å². The molecule has 1 aliphatic carbocycles. The molecule has 4 aromatic rings. The number of nitrogens with zero attached hydrogens (tertiary/aromatic N) is 6. The average Bonchev–Trinajstić information content (AvgIpc) is 3.29. The van der Waals surface area contributed by atoms with Gasteiger partial charge >= 0.3 is 0 Å². The molecule has 1 atom stereocenters. The van der Waals surface area contributed by atoms with E-state index >= 15 is 0 Å². The molecule has 1 saturated carbocycles. The van der Waals surface area contributed by atoms with Crippen molar-refractivity contribution in [2.24, 2.45) is 0 Å². The summed E-state index contributed by atoms with van der Waals surface area (Å²) in [6.07, 6.45) is 6.19. The SMILES string of the molecule is Cc1c(C(O)c2c(C3CC3)ncc3cncn23)nnn1-c1ccccc1F. The van der Waals surface area contributed by atoms with Gasteiger partial charge in [0.05, 0.1) is 41.3 Å². The largest absolute Gasteiger partial charge is 0.380 e. The number of hydrogen-bond acceptors (Lipinski definition) is 5. The number of aromatic nitrogens is 6. The molecular formula is C19H17FN6O. The van der Waals surface area contributed by atoms with E-state index in [2.05, 4.69) is 20.3 Å². The molecule has 0 saturated heterocycles. The third kappa shape index (κ3) is 2.52. The number of halogens is 1. The van der Waals surface area contributed by atoms with Crippen molar-refractivity contribution in [3.05, 3.63) is 71.6 Å². The van der Waals surface area contributed by atoms with Crippen LogP contribution in [0.4, 0.5) is 4.39 Å². The van der Waals surface area contributed by atoms with Gasteiger partial charge in [-0.1, -0.05) is 17.3 Å². The molecule has 1 aromatic carbocycles. The van der Waals surface area contributed by atoms with Crippen molar-refractivity contribution >= 4 is 5.52 Å².